The molecule has 1 amide bonds. The van der Waals surface area contributed by atoms with Crippen LogP contribution in [0.4, 0.5) is 4.39 Å². The Labute approximate surface area is 192 Å². The lowest BCUT2D eigenvalue weighted by Crippen LogP contribution is -2.28. The molecule has 0 unspecified atom stereocenters. The van der Waals surface area contributed by atoms with Crippen LogP contribution in [0.5, 0.6) is 5.75 Å². The van der Waals surface area contributed by atoms with E-state index in [9.17, 15) is 14.0 Å². The number of methoxy groups -OCH3 is 1. The zero-order valence-electron chi connectivity index (χ0n) is 17.4. The number of para-hydroxylation sites is 1. The number of benzene rings is 2. The molecule has 0 atom stereocenters. The van der Waals surface area contributed by atoms with Crippen molar-refractivity contribution in [2.24, 2.45) is 0 Å². The minimum Gasteiger partial charge on any atom is -0.496 e. The summed E-state index contributed by atoms with van der Waals surface area (Å²) >= 11 is 2.52. The molecule has 1 N–H and O–H groups in total. The number of nitrogens with one attached hydrogen (secondary N) is 1. The summed E-state index contributed by atoms with van der Waals surface area (Å²) in [4.78, 5) is 34.8. The Morgan fingerprint density at radius 2 is 1.97 bits per heavy atom. The van der Waals surface area contributed by atoms with E-state index in [0.717, 1.165) is 16.9 Å². The summed E-state index contributed by atoms with van der Waals surface area (Å²) in [5.74, 6) is 0.433. The molecule has 0 aliphatic heterocycles. The van der Waals surface area contributed by atoms with Crippen LogP contribution in [-0.2, 0) is 11.3 Å². The van der Waals surface area contributed by atoms with Gasteiger partial charge in [-0.15, -0.1) is 11.3 Å². The van der Waals surface area contributed by atoms with Gasteiger partial charge in [0, 0.05) is 30.1 Å². The number of carbonyl (C=O) groups is 1. The van der Waals surface area contributed by atoms with Crippen molar-refractivity contribution in [3.63, 3.8) is 0 Å². The molecule has 0 spiro atoms. The van der Waals surface area contributed by atoms with Crippen LogP contribution < -0.4 is 10.3 Å². The molecule has 0 bridgehead atoms. The number of halogens is 1. The molecular formula is C23H20FN3O3S2. The van der Waals surface area contributed by atoms with Gasteiger partial charge in [-0.05, 0) is 23.8 Å². The van der Waals surface area contributed by atoms with Gasteiger partial charge >= 0.3 is 0 Å². The number of thiophene rings is 1. The minimum absolute atomic E-state index is 0.0955. The summed E-state index contributed by atoms with van der Waals surface area (Å²) in [6.45, 7) is 0.415. The zero-order valence-corrected chi connectivity index (χ0v) is 19.1. The molecule has 0 radical (unpaired) electrons. The van der Waals surface area contributed by atoms with Crippen molar-refractivity contribution in [2.45, 2.75) is 11.7 Å². The number of rotatable bonds is 7. The van der Waals surface area contributed by atoms with Gasteiger partial charge in [0.1, 0.15) is 16.4 Å². The first kappa shape index (κ1) is 22.0. The average molecular weight is 470 g/mol. The van der Waals surface area contributed by atoms with Crippen molar-refractivity contribution in [3.8, 4) is 16.9 Å². The van der Waals surface area contributed by atoms with Crippen LogP contribution in [0.15, 0.2) is 63.9 Å². The lowest BCUT2D eigenvalue weighted by atomic mass is 10.1. The first-order valence-corrected chi connectivity index (χ1v) is 11.6. The molecule has 0 aliphatic rings. The number of nitrogens with zero attached hydrogens (tertiary/aromatic N) is 2. The van der Waals surface area contributed by atoms with E-state index < -0.39 is 0 Å². The normalized spacial score (nSPS) is 11.0. The highest BCUT2D eigenvalue weighted by Gasteiger charge is 2.16. The summed E-state index contributed by atoms with van der Waals surface area (Å²) < 4.78 is 18.6. The molecule has 0 aliphatic carbocycles. The van der Waals surface area contributed by atoms with E-state index in [2.05, 4.69) is 9.97 Å². The second kappa shape index (κ2) is 9.54. The number of hydrogen-bond donors (Lipinski definition) is 1. The summed E-state index contributed by atoms with van der Waals surface area (Å²) in [6.07, 6.45) is 0. The summed E-state index contributed by atoms with van der Waals surface area (Å²) in [6, 6.07) is 13.5. The topological polar surface area (TPSA) is 75.3 Å². The maximum Gasteiger partial charge on any atom is 0.260 e. The van der Waals surface area contributed by atoms with Gasteiger partial charge in [-0.25, -0.2) is 9.37 Å². The summed E-state index contributed by atoms with van der Waals surface area (Å²) in [5, 5.41) is 2.68. The van der Waals surface area contributed by atoms with Crippen molar-refractivity contribution >= 4 is 39.2 Å². The second-order valence-corrected chi connectivity index (χ2v) is 8.88. The Morgan fingerprint density at radius 3 is 2.72 bits per heavy atom. The Balaban J connectivity index is 1.47. The smallest absolute Gasteiger partial charge is 0.260 e. The molecule has 4 aromatic rings. The van der Waals surface area contributed by atoms with Crippen LogP contribution >= 0.6 is 23.1 Å². The fourth-order valence-corrected chi connectivity index (χ4v) is 5.06. The third-order valence-corrected chi connectivity index (χ3v) is 6.67. The van der Waals surface area contributed by atoms with Gasteiger partial charge in [-0.2, -0.15) is 0 Å². The Bertz CT molecular complexity index is 1320. The van der Waals surface area contributed by atoms with Crippen LogP contribution in [0, 0.1) is 5.82 Å². The Kier molecular flexibility index (Phi) is 6.57. The lowest BCUT2D eigenvalue weighted by Gasteiger charge is -2.18. The standard InChI is InChI=1S/C23H20FN3O3S2/c1-27(11-15-5-3-4-6-18(15)30-2)19(28)13-32-23-25-21(29)20-17(12-31-22(20)26-23)14-7-9-16(24)10-8-14/h3-10,12H,11,13H2,1-2H3,(H,25,26,29). The molecule has 0 saturated heterocycles. The van der Waals surface area contributed by atoms with Crippen LogP contribution in [0.3, 0.4) is 0 Å². The van der Waals surface area contributed by atoms with Crippen molar-refractivity contribution in [2.75, 3.05) is 19.9 Å². The van der Waals surface area contributed by atoms with Crippen LogP contribution in [0.2, 0.25) is 0 Å². The van der Waals surface area contributed by atoms with Crippen molar-refractivity contribution in [3.05, 3.63) is 75.6 Å². The largest absolute Gasteiger partial charge is 0.496 e. The molecule has 2 heterocycles. The fourth-order valence-electron chi connectivity index (χ4n) is 3.26. The SMILES string of the molecule is COc1ccccc1CN(C)C(=O)CSc1nc2scc(-c3ccc(F)cc3)c2c(=O)[nH]1. The molecule has 9 heteroatoms. The maximum atomic E-state index is 13.2. The highest BCUT2D eigenvalue weighted by Crippen LogP contribution is 2.31. The van der Waals surface area contributed by atoms with Crippen LogP contribution in [-0.4, -0.2) is 40.7 Å². The van der Waals surface area contributed by atoms with Crippen molar-refractivity contribution < 1.29 is 13.9 Å². The molecule has 2 aromatic heterocycles. The lowest BCUT2D eigenvalue weighted by molar-refractivity contribution is -0.127. The number of aromatic amines is 1. The van der Waals surface area contributed by atoms with Gasteiger partial charge in [-0.1, -0.05) is 42.1 Å². The first-order valence-electron chi connectivity index (χ1n) is 9.72. The first-order chi connectivity index (χ1) is 15.5. The molecular weight excluding hydrogens is 449 g/mol. The van der Waals surface area contributed by atoms with E-state index in [1.54, 1.807) is 31.2 Å². The second-order valence-electron chi connectivity index (χ2n) is 7.06. The number of aromatic nitrogens is 2. The maximum absolute atomic E-state index is 13.2. The van der Waals surface area contributed by atoms with E-state index in [4.69, 9.17) is 4.74 Å². The van der Waals surface area contributed by atoms with E-state index >= 15 is 0 Å². The highest BCUT2D eigenvalue weighted by molar-refractivity contribution is 7.99. The van der Waals surface area contributed by atoms with E-state index in [1.807, 2.05) is 29.6 Å². The number of thioether (sulfide) groups is 1. The minimum atomic E-state index is -0.334. The number of fused-ring (bicyclic) bond motifs is 1. The van der Waals surface area contributed by atoms with E-state index in [1.165, 1.54) is 35.2 Å². The molecule has 32 heavy (non-hydrogen) atoms. The fraction of sp³-hybridized carbons (Fsp3) is 0.174. The van der Waals surface area contributed by atoms with Gasteiger partial charge in [-0.3, -0.25) is 9.59 Å². The molecule has 0 fully saturated rings. The molecule has 0 saturated carbocycles. The van der Waals surface area contributed by atoms with Crippen LogP contribution in [0.1, 0.15) is 5.56 Å². The monoisotopic (exact) mass is 469 g/mol. The van der Waals surface area contributed by atoms with E-state index in [-0.39, 0.29) is 23.0 Å². The van der Waals surface area contributed by atoms with Gasteiger partial charge in [0.15, 0.2) is 5.16 Å². The van der Waals surface area contributed by atoms with Crippen LogP contribution in [0.25, 0.3) is 21.3 Å². The Hall–Kier alpha value is -3.17. The number of amides is 1. The third-order valence-electron chi connectivity index (χ3n) is 4.94. The van der Waals surface area contributed by atoms with E-state index in [0.29, 0.717) is 27.5 Å². The molecule has 6 nitrogen and oxygen atoms in total. The predicted octanol–water partition coefficient (Wildman–Crippen LogP) is 4.55. The average Bonchev–Trinajstić information content (AvgIpc) is 3.23. The van der Waals surface area contributed by atoms with Gasteiger partial charge in [0.05, 0.1) is 18.2 Å². The molecule has 2 aromatic carbocycles. The summed E-state index contributed by atoms with van der Waals surface area (Å²) in [5.41, 5.74) is 2.09. The number of hydrogen-bond acceptors (Lipinski definition) is 6. The quantitative estimate of drug-likeness (QED) is 0.318. The van der Waals surface area contributed by atoms with Gasteiger partial charge < -0.3 is 14.6 Å². The zero-order chi connectivity index (χ0) is 22.7. The molecule has 164 valence electrons. The molecule has 4 rings (SSSR count). The predicted molar refractivity (Wildman–Crippen MR) is 126 cm³/mol. The Morgan fingerprint density at radius 1 is 1.22 bits per heavy atom. The number of carbonyl (C=O) groups excluding carboxylic acids is 1. The number of H-pyrrole nitrogens is 1. The van der Waals surface area contributed by atoms with Gasteiger partial charge in [0.25, 0.3) is 5.56 Å². The summed E-state index contributed by atoms with van der Waals surface area (Å²) in [7, 11) is 3.32. The highest BCUT2D eigenvalue weighted by atomic mass is 32.2. The third kappa shape index (κ3) is 4.68. The van der Waals surface area contributed by atoms with Crippen molar-refractivity contribution in [1.82, 2.24) is 14.9 Å². The number of ether oxygens (including phenoxy) is 1. The van der Waals surface area contributed by atoms with Crippen molar-refractivity contribution in [1.29, 1.82) is 0 Å². The van der Waals surface area contributed by atoms with Gasteiger partial charge in [0.2, 0.25) is 5.91 Å².